The van der Waals surface area contributed by atoms with Gasteiger partial charge in [0.1, 0.15) is 0 Å². The maximum absolute atomic E-state index is 5.87. The summed E-state index contributed by atoms with van der Waals surface area (Å²) in [6.07, 6.45) is 0.875. The van der Waals surface area contributed by atoms with Crippen LogP contribution in [0.4, 0.5) is 5.95 Å². The molecule has 1 saturated heterocycles. The highest BCUT2D eigenvalue weighted by Crippen LogP contribution is 2.28. The number of methoxy groups -OCH3 is 2. The van der Waals surface area contributed by atoms with Crippen LogP contribution in [-0.2, 0) is 17.8 Å². The Morgan fingerprint density at radius 3 is 2.45 bits per heavy atom. The number of aromatic nitrogens is 3. The van der Waals surface area contributed by atoms with E-state index in [0.717, 1.165) is 49.2 Å². The van der Waals surface area contributed by atoms with Gasteiger partial charge in [-0.3, -0.25) is 9.47 Å². The first-order chi connectivity index (χ1) is 16.1. The van der Waals surface area contributed by atoms with Crippen molar-refractivity contribution in [1.29, 1.82) is 0 Å². The molecule has 1 aliphatic heterocycles. The predicted octanol–water partition coefficient (Wildman–Crippen LogP) is 3.39. The fourth-order valence-corrected chi connectivity index (χ4v) is 4.20. The molecule has 33 heavy (non-hydrogen) atoms. The second-order valence-electron chi connectivity index (χ2n) is 8.01. The van der Waals surface area contributed by atoms with Gasteiger partial charge in [-0.1, -0.05) is 24.3 Å². The van der Waals surface area contributed by atoms with Crippen molar-refractivity contribution in [2.24, 2.45) is 0 Å². The quantitative estimate of drug-likeness (QED) is 0.445. The molecule has 0 amide bonds. The zero-order valence-electron chi connectivity index (χ0n) is 19.4. The van der Waals surface area contributed by atoms with Gasteiger partial charge in [-0.15, -0.1) is 5.10 Å². The molecule has 0 N–H and O–H groups in total. The van der Waals surface area contributed by atoms with E-state index in [1.54, 1.807) is 14.2 Å². The predicted molar refractivity (Wildman–Crippen MR) is 131 cm³/mol. The average molecular weight is 470 g/mol. The molecule has 2 heterocycles. The first-order valence-electron chi connectivity index (χ1n) is 11.1. The molecular weight excluding hydrogens is 438 g/mol. The van der Waals surface area contributed by atoms with Crippen LogP contribution in [0.25, 0.3) is 5.69 Å². The average Bonchev–Trinajstić information content (AvgIpc) is 3.19. The summed E-state index contributed by atoms with van der Waals surface area (Å²) in [4.78, 5) is 4.46. The van der Waals surface area contributed by atoms with Gasteiger partial charge in [-0.2, -0.15) is 0 Å². The summed E-state index contributed by atoms with van der Waals surface area (Å²) in [6.45, 7) is 4.44. The summed E-state index contributed by atoms with van der Waals surface area (Å²) in [5.41, 5.74) is 2.20. The highest BCUT2D eigenvalue weighted by Gasteiger charge is 2.21. The number of ether oxygens (including phenoxy) is 3. The summed E-state index contributed by atoms with van der Waals surface area (Å²) in [5, 5.41) is 4.92. The second kappa shape index (κ2) is 10.8. The molecule has 8 nitrogen and oxygen atoms in total. The first kappa shape index (κ1) is 23.3. The van der Waals surface area contributed by atoms with Crippen LogP contribution in [0.15, 0.2) is 48.5 Å². The molecule has 176 valence electrons. The minimum Gasteiger partial charge on any atom is -0.493 e. The zero-order chi connectivity index (χ0) is 23.2. The Labute approximate surface area is 199 Å². The van der Waals surface area contributed by atoms with Gasteiger partial charge >= 0.3 is 0 Å². The fraction of sp³-hybridized carbons (Fsp3) is 0.417. The third kappa shape index (κ3) is 5.38. The number of hydrogen-bond acceptors (Lipinski definition) is 7. The Bertz CT molecular complexity index is 1110. The fourth-order valence-electron chi connectivity index (χ4n) is 3.92. The Morgan fingerprint density at radius 1 is 1.03 bits per heavy atom. The van der Waals surface area contributed by atoms with E-state index in [9.17, 15) is 0 Å². The Kier molecular flexibility index (Phi) is 7.64. The van der Waals surface area contributed by atoms with Crippen molar-refractivity contribution >= 4 is 18.2 Å². The van der Waals surface area contributed by atoms with E-state index in [2.05, 4.69) is 39.6 Å². The molecule has 0 aliphatic carbocycles. The second-order valence-corrected chi connectivity index (χ2v) is 8.38. The minimum absolute atomic E-state index is 0.600. The number of nitrogens with zero attached hydrogens (tertiary/aromatic N) is 5. The lowest BCUT2D eigenvalue weighted by Gasteiger charge is -2.27. The number of para-hydroxylation sites is 1. The molecule has 1 aromatic heterocycles. The van der Waals surface area contributed by atoms with Crippen LogP contribution in [0.5, 0.6) is 11.5 Å². The maximum Gasteiger partial charge on any atom is 0.230 e. The molecule has 3 aromatic rings. The van der Waals surface area contributed by atoms with Gasteiger partial charge in [0, 0.05) is 19.6 Å². The molecule has 1 fully saturated rings. The molecule has 0 bridgehead atoms. The Balaban J connectivity index is 1.51. The van der Waals surface area contributed by atoms with Crippen molar-refractivity contribution in [3.05, 3.63) is 58.9 Å². The highest BCUT2D eigenvalue weighted by molar-refractivity contribution is 7.71. The molecule has 0 saturated carbocycles. The number of benzene rings is 2. The molecule has 1 aliphatic rings. The van der Waals surface area contributed by atoms with Crippen LogP contribution in [0.2, 0.25) is 0 Å². The van der Waals surface area contributed by atoms with Crippen molar-refractivity contribution in [3.63, 3.8) is 0 Å². The van der Waals surface area contributed by atoms with E-state index in [1.165, 1.54) is 5.56 Å². The van der Waals surface area contributed by atoms with Gasteiger partial charge in [0.15, 0.2) is 11.5 Å². The van der Waals surface area contributed by atoms with Gasteiger partial charge in [0.25, 0.3) is 0 Å². The molecule has 0 atom stereocenters. The van der Waals surface area contributed by atoms with E-state index in [-0.39, 0.29) is 0 Å². The summed E-state index contributed by atoms with van der Waals surface area (Å²) in [7, 11) is 5.39. The SMILES string of the molecule is COc1ccc(CCN(C)Cn2nc(N3CCOCC3)n(-c3ccccc3)c2=S)cc1OC. The minimum atomic E-state index is 0.600. The van der Waals surface area contributed by atoms with Gasteiger partial charge in [-0.05, 0) is 55.5 Å². The molecule has 9 heteroatoms. The first-order valence-corrected chi connectivity index (χ1v) is 11.5. The molecule has 0 unspecified atom stereocenters. The number of likely N-dealkylation sites (N-methyl/N-ethyl adjacent to an activating group) is 1. The van der Waals surface area contributed by atoms with Crippen LogP contribution in [0.3, 0.4) is 0 Å². The maximum atomic E-state index is 5.87. The zero-order valence-corrected chi connectivity index (χ0v) is 20.3. The van der Waals surface area contributed by atoms with E-state index in [4.69, 9.17) is 31.5 Å². The lowest BCUT2D eigenvalue weighted by atomic mass is 10.1. The molecule has 0 spiro atoms. The van der Waals surface area contributed by atoms with E-state index < -0.39 is 0 Å². The summed E-state index contributed by atoms with van der Waals surface area (Å²) < 4.78 is 20.9. The number of hydrogen-bond donors (Lipinski definition) is 0. The Hall–Kier alpha value is -2.88. The molecule has 0 radical (unpaired) electrons. The van der Waals surface area contributed by atoms with Gasteiger partial charge < -0.3 is 19.1 Å². The van der Waals surface area contributed by atoms with E-state index in [0.29, 0.717) is 24.7 Å². The van der Waals surface area contributed by atoms with Crippen molar-refractivity contribution in [2.45, 2.75) is 13.1 Å². The highest BCUT2D eigenvalue weighted by atomic mass is 32.1. The van der Waals surface area contributed by atoms with Gasteiger partial charge in [0.2, 0.25) is 10.7 Å². The number of morpholine rings is 1. The molecule has 4 rings (SSSR count). The van der Waals surface area contributed by atoms with Gasteiger partial charge in [-0.25, -0.2) is 4.68 Å². The largest absolute Gasteiger partial charge is 0.493 e. The smallest absolute Gasteiger partial charge is 0.230 e. The molecule has 2 aromatic carbocycles. The van der Waals surface area contributed by atoms with Crippen LogP contribution in [0.1, 0.15) is 5.56 Å². The topological polar surface area (TPSA) is 56.9 Å². The van der Waals surface area contributed by atoms with Crippen molar-refractivity contribution in [3.8, 4) is 17.2 Å². The van der Waals surface area contributed by atoms with Crippen molar-refractivity contribution < 1.29 is 14.2 Å². The summed E-state index contributed by atoms with van der Waals surface area (Å²) in [5.74, 6) is 2.35. The van der Waals surface area contributed by atoms with Crippen molar-refractivity contribution in [1.82, 2.24) is 19.2 Å². The Morgan fingerprint density at radius 2 is 1.76 bits per heavy atom. The number of rotatable bonds is 9. The third-order valence-electron chi connectivity index (χ3n) is 5.74. The molecular formula is C24H31N5O3S. The van der Waals surface area contributed by atoms with Crippen LogP contribution >= 0.6 is 12.2 Å². The summed E-state index contributed by atoms with van der Waals surface area (Å²) >= 11 is 5.87. The van der Waals surface area contributed by atoms with Gasteiger partial charge in [0.05, 0.1) is 39.8 Å². The van der Waals surface area contributed by atoms with Crippen molar-refractivity contribution in [2.75, 3.05) is 59.0 Å². The lowest BCUT2D eigenvalue weighted by molar-refractivity contribution is 0.121. The van der Waals surface area contributed by atoms with E-state index >= 15 is 0 Å². The van der Waals surface area contributed by atoms with Crippen LogP contribution in [-0.4, -0.2) is 73.4 Å². The number of anilines is 1. The lowest BCUT2D eigenvalue weighted by Crippen LogP contribution is -2.38. The summed E-state index contributed by atoms with van der Waals surface area (Å²) in [6, 6.07) is 16.2. The third-order valence-corrected chi connectivity index (χ3v) is 6.13. The van der Waals surface area contributed by atoms with E-state index in [1.807, 2.05) is 35.0 Å². The normalized spacial score (nSPS) is 14.0. The standard InChI is InChI=1S/C24H31N5O3S/c1-26(12-11-19-9-10-21(30-2)22(17-19)31-3)18-28-24(33)29(20-7-5-4-6-8-20)23(25-28)27-13-15-32-16-14-27/h4-10,17H,11-16,18H2,1-3H3. The van der Waals surface area contributed by atoms with Crippen LogP contribution in [0, 0.1) is 4.77 Å². The monoisotopic (exact) mass is 469 g/mol. The van der Waals surface area contributed by atoms with Crippen LogP contribution < -0.4 is 14.4 Å².